The zero-order chi connectivity index (χ0) is 16.3. The standard InChI is InChI=1S/C13H12Cl2N4O2S/c1-17-6-11-5-10(7-19(11)8-16)18-22(20,21)13-4-9(14)2-3-12(13)15/h2-4,10-11,18H,5-7H2/t10-,11-/m1/s1. The molecule has 0 unspecified atom stereocenters. The van der Waals surface area contributed by atoms with Crippen LogP contribution >= 0.6 is 23.2 Å². The van der Waals surface area contributed by atoms with Gasteiger partial charge in [-0.1, -0.05) is 23.2 Å². The topological polar surface area (TPSA) is 77.6 Å². The van der Waals surface area contributed by atoms with E-state index in [0.29, 0.717) is 6.42 Å². The molecule has 1 aliphatic rings. The molecule has 6 nitrogen and oxygen atoms in total. The van der Waals surface area contributed by atoms with E-state index < -0.39 is 16.1 Å². The Morgan fingerprint density at radius 1 is 1.50 bits per heavy atom. The molecule has 1 saturated heterocycles. The maximum atomic E-state index is 12.4. The van der Waals surface area contributed by atoms with Gasteiger partial charge in [-0.05, 0) is 24.6 Å². The van der Waals surface area contributed by atoms with Crippen molar-refractivity contribution in [3.05, 3.63) is 39.7 Å². The van der Waals surface area contributed by atoms with E-state index in [1.54, 1.807) is 0 Å². The smallest absolute Gasteiger partial charge is 0.242 e. The molecule has 2 atom stereocenters. The molecule has 1 aromatic rings. The molecule has 0 spiro atoms. The van der Waals surface area contributed by atoms with Gasteiger partial charge in [-0.25, -0.2) is 19.7 Å². The van der Waals surface area contributed by atoms with Gasteiger partial charge in [0.1, 0.15) is 10.9 Å². The summed E-state index contributed by atoms with van der Waals surface area (Å²) in [5.74, 6) is 0. The summed E-state index contributed by atoms with van der Waals surface area (Å²) in [6.07, 6.45) is 2.38. The second-order valence-corrected chi connectivity index (χ2v) is 7.40. The third-order valence-electron chi connectivity index (χ3n) is 3.35. The van der Waals surface area contributed by atoms with Gasteiger partial charge in [0.15, 0.2) is 6.19 Å². The lowest BCUT2D eigenvalue weighted by Crippen LogP contribution is -2.36. The normalized spacial score (nSPS) is 21.4. The number of nitrogens with zero attached hydrogens (tertiary/aromatic N) is 3. The summed E-state index contributed by atoms with van der Waals surface area (Å²) in [4.78, 5) is 4.60. The monoisotopic (exact) mass is 358 g/mol. The quantitative estimate of drug-likeness (QED) is 0.660. The highest BCUT2D eigenvalue weighted by Crippen LogP contribution is 2.26. The first-order valence-electron chi connectivity index (χ1n) is 6.34. The fourth-order valence-electron chi connectivity index (χ4n) is 2.37. The minimum Gasteiger partial charge on any atom is -0.315 e. The van der Waals surface area contributed by atoms with Gasteiger partial charge in [-0.15, -0.1) is 0 Å². The molecule has 0 radical (unpaired) electrons. The molecule has 1 aromatic carbocycles. The maximum Gasteiger partial charge on any atom is 0.242 e. The van der Waals surface area contributed by atoms with Crippen LogP contribution in [0.2, 0.25) is 10.0 Å². The van der Waals surface area contributed by atoms with E-state index >= 15 is 0 Å². The minimum absolute atomic E-state index is 0.0738. The molecule has 1 N–H and O–H groups in total. The number of halogens is 2. The van der Waals surface area contributed by atoms with Crippen LogP contribution in [-0.4, -0.2) is 38.5 Å². The number of hydrogen-bond donors (Lipinski definition) is 1. The molecular weight excluding hydrogens is 347 g/mol. The summed E-state index contributed by atoms with van der Waals surface area (Å²) in [7, 11) is -3.85. The van der Waals surface area contributed by atoms with Gasteiger partial charge in [-0.3, -0.25) is 4.90 Å². The van der Waals surface area contributed by atoms with E-state index in [1.165, 1.54) is 23.1 Å². The van der Waals surface area contributed by atoms with Crippen molar-refractivity contribution in [2.45, 2.75) is 23.4 Å². The van der Waals surface area contributed by atoms with Crippen molar-refractivity contribution >= 4 is 33.2 Å². The Balaban J connectivity index is 2.19. The highest BCUT2D eigenvalue weighted by atomic mass is 35.5. The van der Waals surface area contributed by atoms with Crippen LogP contribution in [0.1, 0.15) is 6.42 Å². The zero-order valence-corrected chi connectivity index (χ0v) is 13.7. The molecule has 2 rings (SSSR count). The molecule has 1 fully saturated rings. The summed E-state index contributed by atoms with van der Waals surface area (Å²) < 4.78 is 27.3. The SMILES string of the molecule is [C-]#[N+]C[C@H]1C[C@@H](NS(=O)(=O)c2cc(Cl)ccc2Cl)CN1C#N. The summed E-state index contributed by atoms with van der Waals surface area (Å²) in [5, 5.41) is 9.37. The average molecular weight is 359 g/mol. The summed E-state index contributed by atoms with van der Waals surface area (Å²) >= 11 is 11.7. The second kappa shape index (κ2) is 6.72. The van der Waals surface area contributed by atoms with Crippen molar-refractivity contribution < 1.29 is 8.42 Å². The van der Waals surface area contributed by atoms with E-state index in [9.17, 15) is 8.42 Å². The lowest BCUT2D eigenvalue weighted by atomic mass is 10.2. The van der Waals surface area contributed by atoms with Crippen molar-refractivity contribution in [2.75, 3.05) is 13.1 Å². The van der Waals surface area contributed by atoms with Crippen LogP contribution in [0.3, 0.4) is 0 Å². The molecule has 1 aliphatic heterocycles. The van der Waals surface area contributed by atoms with Crippen LogP contribution in [0, 0.1) is 18.0 Å². The number of rotatable bonds is 4. The van der Waals surface area contributed by atoms with Crippen LogP contribution in [0.5, 0.6) is 0 Å². The number of hydrogen-bond acceptors (Lipinski definition) is 4. The molecule has 0 saturated carbocycles. The van der Waals surface area contributed by atoms with Gasteiger partial charge in [0.05, 0.1) is 5.02 Å². The maximum absolute atomic E-state index is 12.4. The number of sulfonamides is 1. The minimum atomic E-state index is -3.85. The third-order valence-corrected chi connectivity index (χ3v) is 5.59. The summed E-state index contributed by atoms with van der Waals surface area (Å²) in [6, 6.07) is 3.47. The molecule has 1 heterocycles. The van der Waals surface area contributed by atoms with Gasteiger partial charge in [0, 0.05) is 17.6 Å². The number of nitrogens with one attached hydrogen (secondary N) is 1. The predicted octanol–water partition coefficient (Wildman–Crippen LogP) is 2.11. The molecule has 9 heteroatoms. The first-order chi connectivity index (χ1) is 10.4. The van der Waals surface area contributed by atoms with Gasteiger partial charge in [0.2, 0.25) is 16.6 Å². The zero-order valence-electron chi connectivity index (χ0n) is 11.3. The lowest BCUT2D eigenvalue weighted by molar-refractivity contribution is 0.380. The Labute approximate surface area is 139 Å². The van der Waals surface area contributed by atoms with Gasteiger partial charge >= 0.3 is 0 Å². The number of benzene rings is 1. The first-order valence-corrected chi connectivity index (χ1v) is 8.58. The van der Waals surface area contributed by atoms with E-state index in [4.69, 9.17) is 35.0 Å². The highest BCUT2D eigenvalue weighted by Gasteiger charge is 2.36. The Bertz CT molecular complexity index is 754. The summed E-state index contributed by atoms with van der Waals surface area (Å²) in [6.45, 7) is 7.27. The molecule has 22 heavy (non-hydrogen) atoms. The number of nitriles is 1. The lowest BCUT2D eigenvalue weighted by Gasteiger charge is -2.13. The van der Waals surface area contributed by atoms with Gasteiger partial charge in [0.25, 0.3) is 0 Å². The van der Waals surface area contributed by atoms with Crippen molar-refractivity contribution in [1.82, 2.24) is 9.62 Å². The fraction of sp³-hybridized carbons (Fsp3) is 0.385. The molecule has 0 aliphatic carbocycles. The molecule has 0 aromatic heterocycles. The predicted molar refractivity (Wildman–Crippen MR) is 82.8 cm³/mol. The molecular formula is C13H12Cl2N4O2S. The number of likely N-dealkylation sites (tertiary alicyclic amines) is 1. The van der Waals surface area contributed by atoms with Crippen LogP contribution < -0.4 is 4.72 Å². The Hall–Kier alpha value is -1.51. The fourth-order valence-corrected chi connectivity index (χ4v) is 4.37. The molecule has 0 amide bonds. The average Bonchev–Trinajstić information content (AvgIpc) is 2.83. The van der Waals surface area contributed by atoms with Gasteiger partial charge < -0.3 is 4.85 Å². The van der Waals surface area contributed by atoms with Crippen LogP contribution in [0.15, 0.2) is 23.1 Å². The second-order valence-electron chi connectivity index (χ2n) is 4.88. The third kappa shape index (κ3) is 3.63. The highest BCUT2D eigenvalue weighted by molar-refractivity contribution is 7.89. The van der Waals surface area contributed by atoms with E-state index in [0.717, 1.165) is 0 Å². The Kier molecular flexibility index (Phi) is 5.15. The van der Waals surface area contributed by atoms with Crippen LogP contribution in [0.25, 0.3) is 4.85 Å². The Morgan fingerprint density at radius 3 is 2.86 bits per heavy atom. The van der Waals surface area contributed by atoms with Crippen molar-refractivity contribution in [2.24, 2.45) is 0 Å². The molecule has 0 bridgehead atoms. The van der Waals surface area contributed by atoms with E-state index in [-0.39, 0.29) is 34.1 Å². The van der Waals surface area contributed by atoms with Crippen LogP contribution in [-0.2, 0) is 10.0 Å². The summed E-state index contributed by atoms with van der Waals surface area (Å²) in [5.41, 5.74) is 0. The van der Waals surface area contributed by atoms with Crippen molar-refractivity contribution in [3.8, 4) is 6.19 Å². The van der Waals surface area contributed by atoms with Gasteiger partial charge in [-0.2, -0.15) is 5.26 Å². The first kappa shape index (κ1) is 16.9. The van der Waals surface area contributed by atoms with E-state index in [1.807, 2.05) is 6.19 Å². The largest absolute Gasteiger partial charge is 0.315 e. The Morgan fingerprint density at radius 2 is 2.23 bits per heavy atom. The molecule has 116 valence electrons. The van der Waals surface area contributed by atoms with Crippen LogP contribution in [0.4, 0.5) is 0 Å². The van der Waals surface area contributed by atoms with E-state index in [2.05, 4.69) is 9.57 Å². The van der Waals surface area contributed by atoms with Crippen molar-refractivity contribution in [1.29, 1.82) is 5.26 Å². The van der Waals surface area contributed by atoms with Crippen molar-refractivity contribution in [3.63, 3.8) is 0 Å².